The molecule has 5 nitrogen and oxygen atoms in total. The third-order valence-electron chi connectivity index (χ3n) is 2.87. The predicted molar refractivity (Wildman–Crippen MR) is 65.9 cm³/mol. The number of benzene rings is 1. The molecule has 1 heterocycles. The molecular formula is C12H11ClFNO4. The quantitative estimate of drug-likeness (QED) is 0.624. The molecule has 0 bridgehead atoms. The number of carbonyl (C=O) groups excluding carboxylic acids is 2. The van der Waals surface area contributed by atoms with E-state index in [1.54, 1.807) is 0 Å². The van der Waals surface area contributed by atoms with Crippen LogP contribution in [0.1, 0.15) is 10.4 Å². The smallest absolute Gasteiger partial charge is 0.299 e. The van der Waals surface area contributed by atoms with Gasteiger partial charge in [0.1, 0.15) is 5.82 Å². The van der Waals surface area contributed by atoms with Crippen molar-refractivity contribution in [2.24, 2.45) is 0 Å². The molecule has 0 saturated heterocycles. The molecule has 2 rings (SSSR count). The van der Waals surface area contributed by atoms with Crippen LogP contribution in [-0.2, 0) is 14.3 Å². The zero-order valence-electron chi connectivity index (χ0n) is 10.3. The normalized spacial score (nSPS) is 14.5. The highest BCUT2D eigenvalue weighted by Gasteiger charge is 2.38. The summed E-state index contributed by atoms with van der Waals surface area (Å²) >= 11 is 5.61. The van der Waals surface area contributed by atoms with Crippen molar-refractivity contribution in [2.75, 3.05) is 25.7 Å². The van der Waals surface area contributed by atoms with Crippen molar-refractivity contribution in [1.29, 1.82) is 0 Å². The van der Waals surface area contributed by atoms with Crippen molar-refractivity contribution in [3.8, 4) is 0 Å². The summed E-state index contributed by atoms with van der Waals surface area (Å²) in [5.74, 6) is -2.17. The van der Waals surface area contributed by atoms with Gasteiger partial charge in [0.05, 0.1) is 22.8 Å². The average molecular weight is 288 g/mol. The molecule has 0 aliphatic carbocycles. The van der Waals surface area contributed by atoms with Crippen molar-refractivity contribution in [1.82, 2.24) is 0 Å². The number of hydrogen-bond donors (Lipinski definition) is 0. The Bertz CT molecular complexity index is 545. The summed E-state index contributed by atoms with van der Waals surface area (Å²) < 4.78 is 23.4. The zero-order chi connectivity index (χ0) is 14.2. The van der Waals surface area contributed by atoms with Crippen molar-refractivity contribution in [2.45, 2.75) is 6.29 Å². The SMILES string of the molecule is COC(CN1C(=O)C(=O)c2cc(Cl)c(F)cc21)OC. The van der Waals surface area contributed by atoms with E-state index in [-0.39, 0.29) is 22.8 Å². The lowest BCUT2D eigenvalue weighted by molar-refractivity contribution is -0.119. The van der Waals surface area contributed by atoms with Gasteiger partial charge in [-0.2, -0.15) is 0 Å². The first-order chi connectivity index (χ1) is 8.99. The summed E-state index contributed by atoms with van der Waals surface area (Å²) in [5, 5.41) is -0.197. The van der Waals surface area contributed by atoms with E-state index in [1.807, 2.05) is 0 Å². The first-order valence-electron chi connectivity index (χ1n) is 5.40. The number of fused-ring (bicyclic) bond motifs is 1. The fourth-order valence-electron chi connectivity index (χ4n) is 1.86. The van der Waals surface area contributed by atoms with Gasteiger partial charge in [0.15, 0.2) is 6.29 Å². The zero-order valence-corrected chi connectivity index (χ0v) is 11.0. The second kappa shape index (κ2) is 5.24. The van der Waals surface area contributed by atoms with E-state index in [0.717, 1.165) is 17.0 Å². The van der Waals surface area contributed by atoms with Crippen molar-refractivity contribution in [3.63, 3.8) is 0 Å². The summed E-state index contributed by atoms with van der Waals surface area (Å²) in [6.07, 6.45) is -0.707. The van der Waals surface area contributed by atoms with Gasteiger partial charge in [-0.3, -0.25) is 14.5 Å². The molecule has 19 heavy (non-hydrogen) atoms. The van der Waals surface area contributed by atoms with Gasteiger partial charge < -0.3 is 9.47 Å². The van der Waals surface area contributed by atoms with Gasteiger partial charge in [0.2, 0.25) is 0 Å². The van der Waals surface area contributed by atoms with Crippen LogP contribution in [0.3, 0.4) is 0 Å². The van der Waals surface area contributed by atoms with Crippen LogP contribution in [0.2, 0.25) is 5.02 Å². The molecule has 102 valence electrons. The highest BCUT2D eigenvalue weighted by Crippen LogP contribution is 2.33. The van der Waals surface area contributed by atoms with E-state index >= 15 is 0 Å². The van der Waals surface area contributed by atoms with Gasteiger partial charge >= 0.3 is 0 Å². The molecular weight excluding hydrogens is 277 g/mol. The highest BCUT2D eigenvalue weighted by molar-refractivity contribution is 6.52. The molecule has 0 radical (unpaired) electrons. The Labute approximate surface area is 113 Å². The van der Waals surface area contributed by atoms with Gasteiger partial charge in [-0.05, 0) is 12.1 Å². The van der Waals surface area contributed by atoms with Crippen LogP contribution in [0.4, 0.5) is 10.1 Å². The Morgan fingerprint density at radius 3 is 2.53 bits per heavy atom. The molecule has 0 aromatic heterocycles. The van der Waals surface area contributed by atoms with Crippen LogP contribution in [-0.4, -0.2) is 38.7 Å². The Balaban J connectivity index is 2.41. The van der Waals surface area contributed by atoms with Crippen molar-refractivity contribution in [3.05, 3.63) is 28.5 Å². The average Bonchev–Trinajstić information content (AvgIpc) is 2.61. The summed E-state index contributed by atoms with van der Waals surface area (Å²) in [6.45, 7) is -0.00829. The van der Waals surface area contributed by atoms with E-state index < -0.39 is 23.8 Å². The lowest BCUT2D eigenvalue weighted by Crippen LogP contribution is -2.38. The maximum Gasteiger partial charge on any atom is 0.299 e. The number of carbonyl (C=O) groups is 2. The molecule has 7 heteroatoms. The molecule has 1 amide bonds. The minimum Gasteiger partial charge on any atom is -0.354 e. The number of amides is 1. The Kier molecular flexibility index (Phi) is 3.84. The summed E-state index contributed by atoms with van der Waals surface area (Å²) in [5.41, 5.74) is 0.262. The second-order valence-electron chi connectivity index (χ2n) is 3.93. The molecule has 1 aliphatic rings. The fraction of sp³-hybridized carbons (Fsp3) is 0.333. The Morgan fingerprint density at radius 2 is 1.95 bits per heavy atom. The lowest BCUT2D eigenvalue weighted by Gasteiger charge is -2.21. The van der Waals surface area contributed by atoms with Crippen molar-refractivity contribution >= 4 is 29.0 Å². The number of rotatable bonds is 4. The van der Waals surface area contributed by atoms with Crippen LogP contribution < -0.4 is 4.90 Å². The maximum absolute atomic E-state index is 13.5. The third-order valence-corrected chi connectivity index (χ3v) is 3.16. The predicted octanol–water partition coefficient (Wildman–Crippen LogP) is 1.63. The molecule has 1 aromatic rings. The maximum atomic E-state index is 13.5. The molecule has 0 atom stereocenters. The number of ether oxygens (including phenoxy) is 2. The van der Waals surface area contributed by atoms with Crippen LogP contribution in [0.5, 0.6) is 0 Å². The summed E-state index contributed by atoms with van der Waals surface area (Å²) in [7, 11) is 2.81. The first-order valence-corrected chi connectivity index (χ1v) is 5.78. The van der Waals surface area contributed by atoms with Crippen molar-refractivity contribution < 1.29 is 23.5 Å². The minimum atomic E-state index is -0.754. The van der Waals surface area contributed by atoms with Gasteiger partial charge in [-0.25, -0.2) is 4.39 Å². The summed E-state index contributed by atoms with van der Waals surface area (Å²) in [6, 6.07) is 2.21. The van der Waals surface area contributed by atoms with E-state index in [9.17, 15) is 14.0 Å². The van der Waals surface area contributed by atoms with Gasteiger partial charge in [-0.1, -0.05) is 11.6 Å². The third kappa shape index (κ3) is 2.34. The molecule has 1 aromatic carbocycles. The van der Waals surface area contributed by atoms with E-state index in [2.05, 4.69) is 0 Å². The topological polar surface area (TPSA) is 55.8 Å². The monoisotopic (exact) mass is 287 g/mol. The summed E-state index contributed by atoms with van der Waals surface area (Å²) in [4.78, 5) is 24.7. The van der Waals surface area contributed by atoms with E-state index in [4.69, 9.17) is 21.1 Å². The number of ketones is 1. The number of methoxy groups -OCH3 is 2. The molecule has 1 aliphatic heterocycles. The molecule has 0 fully saturated rings. The van der Waals surface area contributed by atoms with Gasteiger partial charge in [-0.15, -0.1) is 0 Å². The van der Waals surface area contributed by atoms with E-state index in [1.165, 1.54) is 14.2 Å². The molecule has 0 spiro atoms. The Hall–Kier alpha value is -1.50. The standard InChI is InChI=1S/C12H11ClFNO4/c1-18-10(19-2)5-15-9-4-8(14)7(13)3-6(9)11(16)12(15)17/h3-4,10H,5H2,1-2H3. The molecule has 0 unspecified atom stereocenters. The van der Waals surface area contributed by atoms with Gasteiger partial charge in [0, 0.05) is 14.2 Å². The highest BCUT2D eigenvalue weighted by atomic mass is 35.5. The molecule has 0 saturated carbocycles. The van der Waals surface area contributed by atoms with Crippen LogP contribution >= 0.6 is 11.6 Å². The Morgan fingerprint density at radius 1 is 1.32 bits per heavy atom. The van der Waals surface area contributed by atoms with Crippen LogP contribution in [0, 0.1) is 5.82 Å². The fourth-order valence-corrected chi connectivity index (χ4v) is 2.03. The number of hydrogen-bond acceptors (Lipinski definition) is 4. The number of nitrogens with zero attached hydrogens (tertiary/aromatic N) is 1. The number of halogens is 2. The first kappa shape index (κ1) is 13.9. The largest absolute Gasteiger partial charge is 0.354 e. The van der Waals surface area contributed by atoms with Crippen LogP contribution in [0.15, 0.2) is 12.1 Å². The minimum absolute atomic E-state index is 0.00829. The number of anilines is 1. The van der Waals surface area contributed by atoms with Crippen LogP contribution in [0.25, 0.3) is 0 Å². The van der Waals surface area contributed by atoms with E-state index in [0.29, 0.717) is 0 Å². The second-order valence-corrected chi connectivity index (χ2v) is 4.34. The molecule has 0 N–H and O–H groups in total. The van der Waals surface area contributed by atoms with Gasteiger partial charge in [0.25, 0.3) is 11.7 Å². The lowest BCUT2D eigenvalue weighted by atomic mass is 10.1. The number of Topliss-reactive ketones (excluding diaryl/α,β-unsaturated/α-hetero) is 1.